The summed E-state index contributed by atoms with van der Waals surface area (Å²) in [6.07, 6.45) is 21.0. The van der Waals surface area contributed by atoms with Crippen molar-refractivity contribution in [2.45, 2.75) is 122 Å². The van der Waals surface area contributed by atoms with Gasteiger partial charge in [0, 0.05) is 0 Å². The number of hydrogen-bond acceptors (Lipinski definition) is 4. The molecule has 0 radical (unpaired) electrons. The maximum absolute atomic E-state index is 11.8. The fourth-order valence-corrected chi connectivity index (χ4v) is 4.50. The second-order valence-corrected chi connectivity index (χ2v) is 9.61. The minimum Gasteiger partial charge on any atom is -0.376 e. The summed E-state index contributed by atoms with van der Waals surface area (Å²) in [7, 11) is -3.92. The maximum atomic E-state index is 11.8. The van der Waals surface area contributed by atoms with E-state index in [9.17, 15) is 9.46 Å². The Morgan fingerprint density at radius 2 is 1.32 bits per heavy atom. The largest absolute Gasteiger partial charge is 0.472 e. The Morgan fingerprint density at radius 1 is 0.750 bits per heavy atom. The molecule has 1 aliphatic heterocycles. The summed E-state index contributed by atoms with van der Waals surface area (Å²) in [6.45, 7) is 3.01. The van der Waals surface area contributed by atoms with Gasteiger partial charge in [0.15, 0.2) is 0 Å². The van der Waals surface area contributed by atoms with Crippen molar-refractivity contribution < 1.29 is 23.2 Å². The van der Waals surface area contributed by atoms with Crippen molar-refractivity contribution in [1.29, 1.82) is 0 Å². The summed E-state index contributed by atoms with van der Waals surface area (Å²) in [5.74, 6) is 0. The van der Waals surface area contributed by atoms with Crippen LogP contribution in [-0.2, 0) is 18.3 Å². The van der Waals surface area contributed by atoms with Crippen LogP contribution in [-0.4, -0.2) is 30.8 Å². The van der Waals surface area contributed by atoms with Crippen LogP contribution in [0.3, 0.4) is 0 Å². The average molecular weight is 421 g/mol. The summed E-state index contributed by atoms with van der Waals surface area (Å²) in [5.41, 5.74) is 0. The van der Waals surface area contributed by atoms with Gasteiger partial charge in [0.25, 0.3) is 0 Å². The van der Waals surface area contributed by atoms with Gasteiger partial charge < -0.3 is 9.63 Å². The molecule has 0 aromatic heterocycles. The molecule has 1 saturated heterocycles. The van der Waals surface area contributed by atoms with E-state index in [4.69, 9.17) is 13.8 Å². The second-order valence-electron chi connectivity index (χ2n) is 8.15. The highest BCUT2D eigenvalue weighted by Gasteiger charge is 2.20. The van der Waals surface area contributed by atoms with Crippen molar-refractivity contribution in [2.24, 2.45) is 0 Å². The van der Waals surface area contributed by atoms with E-state index >= 15 is 0 Å². The summed E-state index contributed by atoms with van der Waals surface area (Å²) >= 11 is 0. The summed E-state index contributed by atoms with van der Waals surface area (Å²) in [4.78, 5) is 9.68. The van der Waals surface area contributed by atoms with Crippen LogP contribution in [0.5, 0.6) is 0 Å². The van der Waals surface area contributed by atoms with Crippen molar-refractivity contribution in [3.8, 4) is 0 Å². The zero-order chi connectivity index (χ0) is 20.3. The van der Waals surface area contributed by atoms with Gasteiger partial charge in [-0.15, -0.1) is 0 Å². The predicted octanol–water partition coefficient (Wildman–Crippen LogP) is 7.17. The Balaban J connectivity index is 2.26. The average Bonchev–Trinajstić information content (AvgIpc) is 2.67. The standard InChI is InChI=1S/C22H45O5P/c1-2-3-4-5-6-8-11-14-17-22-18-15-12-9-7-10-13-16-19-26-28(23,24)27-21-20-25-22/h22H,2-21H2,1H3,(H,23,24). The first kappa shape index (κ1) is 26.1. The minimum atomic E-state index is -3.92. The lowest BCUT2D eigenvalue weighted by Gasteiger charge is -2.19. The highest BCUT2D eigenvalue weighted by atomic mass is 31.2. The highest BCUT2D eigenvalue weighted by molar-refractivity contribution is 7.47. The second kappa shape index (κ2) is 17.9. The Bertz CT molecular complexity index is 391. The third kappa shape index (κ3) is 15.9. The van der Waals surface area contributed by atoms with Gasteiger partial charge in [-0.25, -0.2) is 4.57 Å². The van der Waals surface area contributed by atoms with Gasteiger partial charge in [-0.1, -0.05) is 96.8 Å². The van der Waals surface area contributed by atoms with Gasteiger partial charge in [-0.05, 0) is 19.3 Å². The zero-order valence-corrected chi connectivity index (χ0v) is 19.1. The van der Waals surface area contributed by atoms with Crippen LogP contribution in [0, 0.1) is 0 Å². The van der Waals surface area contributed by atoms with Gasteiger partial charge in [0.05, 0.1) is 25.9 Å². The molecule has 0 spiro atoms. The topological polar surface area (TPSA) is 65.0 Å². The molecule has 168 valence electrons. The first-order chi connectivity index (χ1) is 13.6. The maximum Gasteiger partial charge on any atom is 0.472 e. The predicted molar refractivity (Wildman–Crippen MR) is 116 cm³/mol. The van der Waals surface area contributed by atoms with Crippen LogP contribution < -0.4 is 0 Å². The number of ether oxygens (including phenoxy) is 1. The third-order valence-electron chi connectivity index (χ3n) is 5.50. The molecule has 0 aromatic rings. The van der Waals surface area contributed by atoms with Crippen LogP contribution in [0.15, 0.2) is 0 Å². The van der Waals surface area contributed by atoms with E-state index in [2.05, 4.69) is 6.92 Å². The molecule has 1 aliphatic rings. The van der Waals surface area contributed by atoms with Gasteiger partial charge in [-0.3, -0.25) is 9.05 Å². The molecule has 0 aliphatic carbocycles. The lowest BCUT2D eigenvalue weighted by Crippen LogP contribution is -2.16. The van der Waals surface area contributed by atoms with Crippen LogP contribution in [0.1, 0.15) is 116 Å². The van der Waals surface area contributed by atoms with Gasteiger partial charge >= 0.3 is 7.82 Å². The van der Waals surface area contributed by atoms with Crippen molar-refractivity contribution in [3.63, 3.8) is 0 Å². The van der Waals surface area contributed by atoms with Gasteiger partial charge in [0.2, 0.25) is 0 Å². The van der Waals surface area contributed by atoms with E-state index in [0.717, 1.165) is 32.1 Å². The number of unbranched alkanes of at least 4 members (excludes halogenated alkanes) is 7. The van der Waals surface area contributed by atoms with Crippen molar-refractivity contribution >= 4 is 7.82 Å². The lowest BCUT2D eigenvalue weighted by atomic mass is 10.0. The lowest BCUT2D eigenvalue weighted by molar-refractivity contribution is 0.0133. The molecule has 1 rings (SSSR count). The molecule has 2 unspecified atom stereocenters. The fraction of sp³-hybridized carbons (Fsp3) is 1.00. The molecular weight excluding hydrogens is 375 g/mol. The smallest absolute Gasteiger partial charge is 0.376 e. The molecule has 0 saturated carbocycles. The Labute approximate surface area is 173 Å². The summed E-state index contributed by atoms with van der Waals surface area (Å²) in [6, 6.07) is 0. The SMILES string of the molecule is CCCCCCCCCCC1CCCCCCCCCOP(=O)(O)OCCO1. The van der Waals surface area contributed by atoms with E-state index in [-0.39, 0.29) is 19.3 Å². The van der Waals surface area contributed by atoms with Gasteiger partial charge in [-0.2, -0.15) is 0 Å². The van der Waals surface area contributed by atoms with Crippen molar-refractivity contribution in [1.82, 2.24) is 0 Å². The molecule has 0 amide bonds. The number of phosphoric acid groups is 1. The molecule has 6 heteroatoms. The quantitative estimate of drug-likeness (QED) is 0.316. The van der Waals surface area contributed by atoms with Crippen molar-refractivity contribution in [3.05, 3.63) is 0 Å². The Kier molecular flexibility index (Phi) is 16.7. The van der Waals surface area contributed by atoms with Gasteiger partial charge in [0.1, 0.15) is 0 Å². The summed E-state index contributed by atoms with van der Waals surface area (Å²) < 4.78 is 27.9. The first-order valence-corrected chi connectivity index (χ1v) is 13.4. The number of phosphoric ester groups is 1. The molecule has 1 N–H and O–H groups in total. The number of rotatable bonds is 9. The molecule has 1 fully saturated rings. The van der Waals surface area contributed by atoms with Crippen molar-refractivity contribution in [2.75, 3.05) is 19.8 Å². The minimum absolute atomic E-state index is 0.113. The highest BCUT2D eigenvalue weighted by Crippen LogP contribution is 2.43. The number of hydrogen-bond donors (Lipinski definition) is 1. The van der Waals surface area contributed by atoms with E-state index in [1.54, 1.807) is 0 Å². The monoisotopic (exact) mass is 420 g/mol. The molecule has 28 heavy (non-hydrogen) atoms. The Hall–Kier alpha value is 0.0700. The van der Waals surface area contributed by atoms with E-state index < -0.39 is 7.82 Å². The van der Waals surface area contributed by atoms with Crippen LogP contribution in [0.4, 0.5) is 0 Å². The van der Waals surface area contributed by atoms with E-state index in [1.165, 1.54) is 77.0 Å². The molecule has 0 aromatic carbocycles. The van der Waals surface area contributed by atoms with E-state index in [0.29, 0.717) is 6.61 Å². The molecular formula is C22H45O5P. The molecule has 5 nitrogen and oxygen atoms in total. The fourth-order valence-electron chi connectivity index (χ4n) is 3.76. The zero-order valence-electron chi connectivity index (χ0n) is 18.2. The molecule has 1 heterocycles. The normalized spacial score (nSPS) is 26.9. The first-order valence-electron chi connectivity index (χ1n) is 11.9. The van der Waals surface area contributed by atoms with Crippen LogP contribution >= 0.6 is 7.82 Å². The summed E-state index contributed by atoms with van der Waals surface area (Å²) in [5, 5.41) is 0. The molecule has 0 bridgehead atoms. The Morgan fingerprint density at radius 3 is 2.04 bits per heavy atom. The molecule has 2 atom stereocenters. The third-order valence-corrected chi connectivity index (χ3v) is 6.51. The van der Waals surface area contributed by atoms with Crippen LogP contribution in [0.25, 0.3) is 0 Å². The van der Waals surface area contributed by atoms with Crippen LogP contribution in [0.2, 0.25) is 0 Å². The van der Waals surface area contributed by atoms with E-state index in [1.807, 2.05) is 0 Å².